The summed E-state index contributed by atoms with van der Waals surface area (Å²) in [5, 5.41) is 0. The predicted molar refractivity (Wildman–Crippen MR) is 279 cm³/mol. The molecule has 0 spiro atoms. The van der Waals surface area contributed by atoms with Crippen LogP contribution < -0.4 is 0 Å². The number of hydrogen-bond acceptors (Lipinski definition) is 6. The minimum Gasteiger partial charge on any atom is -0.462 e. The molecular weight excluding hydrogens is 805 g/mol. The maximum atomic E-state index is 12.8. The molecule has 0 aliphatic carbocycles. The fraction of sp³-hybridized carbons (Fsp3) is 0.881. The lowest BCUT2D eigenvalue weighted by Gasteiger charge is -2.18. The minimum atomic E-state index is -0.767. The van der Waals surface area contributed by atoms with Crippen LogP contribution in [0.3, 0.4) is 0 Å². The maximum absolute atomic E-state index is 12.8. The van der Waals surface area contributed by atoms with Crippen molar-refractivity contribution < 1.29 is 28.6 Å². The van der Waals surface area contributed by atoms with E-state index >= 15 is 0 Å². The summed E-state index contributed by atoms with van der Waals surface area (Å²) < 4.78 is 16.9. The molecule has 65 heavy (non-hydrogen) atoms. The van der Waals surface area contributed by atoms with Crippen molar-refractivity contribution in [2.75, 3.05) is 13.2 Å². The van der Waals surface area contributed by atoms with Crippen molar-refractivity contribution in [3.63, 3.8) is 0 Å². The van der Waals surface area contributed by atoms with Crippen molar-refractivity contribution in [1.29, 1.82) is 0 Å². The van der Waals surface area contributed by atoms with Crippen LogP contribution in [-0.2, 0) is 28.6 Å². The van der Waals surface area contributed by atoms with Gasteiger partial charge in [-0.2, -0.15) is 0 Å². The number of allylic oxidation sites excluding steroid dienone is 4. The summed E-state index contributed by atoms with van der Waals surface area (Å²) in [7, 11) is 0. The van der Waals surface area contributed by atoms with E-state index in [-0.39, 0.29) is 31.1 Å². The molecule has 0 saturated carbocycles. The number of rotatable bonds is 53. The molecule has 0 N–H and O–H groups in total. The summed E-state index contributed by atoms with van der Waals surface area (Å²) in [6, 6.07) is 0. The summed E-state index contributed by atoms with van der Waals surface area (Å²) in [6.07, 6.45) is 63.1. The smallest absolute Gasteiger partial charge is 0.306 e. The van der Waals surface area contributed by atoms with Crippen LogP contribution in [0, 0.1) is 0 Å². The Kier molecular flexibility index (Phi) is 52.7. The first-order valence-corrected chi connectivity index (χ1v) is 28.8. The second-order valence-electron chi connectivity index (χ2n) is 19.6. The SMILES string of the molecule is CCCCCCC/C=C\C/C=C\CCCCCCCCCCCC(=O)OCC(COC(=O)CCCCCCCCCCCCC)OC(=O)CCCCCCCCCCCCCCCCC. The van der Waals surface area contributed by atoms with Gasteiger partial charge in [-0.3, -0.25) is 14.4 Å². The van der Waals surface area contributed by atoms with Gasteiger partial charge in [-0.25, -0.2) is 0 Å². The van der Waals surface area contributed by atoms with Crippen LogP contribution in [0.5, 0.6) is 0 Å². The van der Waals surface area contributed by atoms with Gasteiger partial charge >= 0.3 is 17.9 Å². The third-order valence-electron chi connectivity index (χ3n) is 13.0. The number of carbonyl (C=O) groups excluding carboxylic acids is 3. The number of hydrogen-bond donors (Lipinski definition) is 0. The molecule has 1 atom stereocenters. The van der Waals surface area contributed by atoms with Gasteiger partial charge in [0.2, 0.25) is 0 Å². The van der Waals surface area contributed by atoms with Gasteiger partial charge < -0.3 is 14.2 Å². The lowest BCUT2D eigenvalue weighted by atomic mass is 10.0. The van der Waals surface area contributed by atoms with E-state index in [1.807, 2.05) is 0 Å². The van der Waals surface area contributed by atoms with Gasteiger partial charge in [0, 0.05) is 19.3 Å². The van der Waals surface area contributed by atoms with Gasteiger partial charge in [0.05, 0.1) is 0 Å². The van der Waals surface area contributed by atoms with Gasteiger partial charge in [0.25, 0.3) is 0 Å². The zero-order valence-corrected chi connectivity index (χ0v) is 43.8. The van der Waals surface area contributed by atoms with E-state index in [1.54, 1.807) is 0 Å². The van der Waals surface area contributed by atoms with Crippen LogP contribution in [0.15, 0.2) is 24.3 Å². The highest BCUT2D eigenvalue weighted by Gasteiger charge is 2.19. The summed E-state index contributed by atoms with van der Waals surface area (Å²) in [4.78, 5) is 38.1. The zero-order valence-electron chi connectivity index (χ0n) is 43.8. The molecule has 0 bridgehead atoms. The van der Waals surface area contributed by atoms with Gasteiger partial charge in [0.15, 0.2) is 6.10 Å². The Bertz CT molecular complexity index is 1050. The van der Waals surface area contributed by atoms with Gasteiger partial charge in [-0.15, -0.1) is 0 Å². The number of ether oxygens (including phenoxy) is 3. The molecule has 6 heteroatoms. The normalized spacial score (nSPS) is 12.1. The molecule has 0 amide bonds. The van der Waals surface area contributed by atoms with Crippen molar-refractivity contribution in [2.45, 2.75) is 322 Å². The molecule has 0 aliphatic heterocycles. The monoisotopic (exact) mass is 915 g/mol. The Morgan fingerprint density at radius 1 is 0.308 bits per heavy atom. The molecule has 0 rings (SSSR count). The first-order chi connectivity index (χ1) is 32.0. The Morgan fingerprint density at radius 2 is 0.554 bits per heavy atom. The predicted octanol–water partition coefficient (Wildman–Crippen LogP) is 19.1. The average Bonchev–Trinajstić information content (AvgIpc) is 3.30. The first-order valence-electron chi connectivity index (χ1n) is 28.8. The second kappa shape index (κ2) is 54.5. The lowest BCUT2D eigenvalue weighted by molar-refractivity contribution is -0.167. The third kappa shape index (κ3) is 52.7. The molecular formula is C59H110O6. The topological polar surface area (TPSA) is 78.9 Å². The molecule has 0 aliphatic rings. The average molecular weight is 916 g/mol. The van der Waals surface area contributed by atoms with Crippen molar-refractivity contribution >= 4 is 17.9 Å². The molecule has 0 heterocycles. The molecule has 0 aromatic rings. The highest BCUT2D eigenvalue weighted by Crippen LogP contribution is 2.17. The van der Waals surface area contributed by atoms with Crippen molar-refractivity contribution in [3.8, 4) is 0 Å². The quantitative estimate of drug-likeness (QED) is 0.0262. The molecule has 0 aromatic heterocycles. The molecule has 0 radical (unpaired) electrons. The Hall–Kier alpha value is -2.11. The van der Waals surface area contributed by atoms with E-state index in [2.05, 4.69) is 45.1 Å². The summed E-state index contributed by atoms with van der Waals surface area (Å²) in [5.41, 5.74) is 0. The minimum absolute atomic E-state index is 0.0671. The third-order valence-corrected chi connectivity index (χ3v) is 13.0. The molecule has 6 nitrogen and oxygen atoms in total. The van der Waals surface area contributed by atoms with Crippen LogP contribution in [0.4, 0.5) is 0 Å². The molecule has 1 unspecified atom stereocenters. The molecule has 0 fully saturated rings. The maximum Gasteiger partial charge on any atom is 0.306 e. The van der Waals surface area contributed by atoms with E-state index in [4.69, 9.17) is 14.2 Å². The van der Waals surface area contributed by atoms with Crippen LogP contribution in [0.25, 0.3) is 0 Å². The van der Waals surface area contributed by atoms with E-state index < -0.39 is 6.10 Å². The van der Waals surface area contributed by atoms with E-state index in [0.717, 1.165) is 64.2 Å². The van der Waals surface area contributed by atoms with Crippen molar-refractivity contribution in [1.82, 2.24) is 0 Å². The van der Waals surface area contributed by atoms with E-state index in [0.29, 0.717) is 19.3 Å². The van der Waals surface area contributed by atoms with E-state index in [1.165, 1.54) is 212 Å². The van der Waals surface area contributed by atoms with Crippen LogP contribution >= 0.6 is 0 Å². The molecule has 382 valence electrons. The standard InChI is InChI=1S/C59H110O6/c1-4-7-10-13-16-19-22-24-26-27-28-29-30-31-33-34-37-40-43-46-49-52-58(61)64-55-56(54-63-57(60)51-48-45-42-39-36-21-18-15-12-9-6-3)65-59(62)53-50-47-44-41-38-35-32-25-23-20-17-14-11-8-5-2/h22,24,27-28,56H,4-21,23,25-26,29-55H2,1-3H3/b24-22-,28-27-. The van der Waals surface area contributed by atoms with E-state index in [9.17, 15) is 14.4 Å². The fourth-order valence-corrected chi connectivity index (χ4v) is 8.59. The molecule has 0 aromatic carbocycles. The van der Waals surface area contributed by atoms with Gasteiger partial charge in [0.1, 0.15) is 13.2 Å². The number of unbranched alkanes of at least 4 members (excludes halogenated alkanes) is 38. The highest BCUT2D eigenvalue weighted by atomic mass is 16.6. The van der Waals surface area contributed by atoms with Crippen LogP contribution in [0.2, 0.25) is 0 Å². The molecule has 0 saturated heterocycles. The summed E-state index contributed by atoms with van der Waals surface area (Å²) in [6.45, 7) is 6.66. The van der Waals surface area contributed by atoms with Gasteiger partial charge in [-0.05, 0) is 51.4 Å². The fourth-order valence-electron chi connectivity index (χ4n) is 8.59. The Labute approximate surface area is 404 Å². The van der Waals surface area contributed by atoms with Crippen molar-refractivity contribution in [2.24, 2.45) is 0 Å². The zero-order chi connectivity index (χ0) is 47.2. The van der Waals surface area contributed by atoms with Gasteiger partial charge in [-0.1, -0.05) is 270 Å². The van der Waals surface area contributed by atoms with Crippen LogP contribution in [-0.4, -0.2) is 37.2 Å². The number of esters is 3. The largest absolute Gasteiger partial charge is 0.462 e. The Morgan fingerprint density at radius 3 is 0.846 bits per heavy atom. The highest BCUT2D eigenvalue weighted by molar-refractivity contribution is 5.71. The summed E-state index contributed by atoms with van der Waals surface area (Å²) >= 11 is 0. The van der Waals surface area contributed by atoms with Crippen LogP contribution in [0.1, 0.15) is 316 Å². The second-order valence-corrected chi connectivity index (χ2v) is 19.6. The van der Waals surface area contributed by atoms with Crippen molar-refractivity contribution in [3.05, 3.63) is 24.3 Å². The lowest BCUT2D eigenvalue weighted by Crippen LogP contribution is -2.30. The summed E-state index contributed by atoms with van der Waals surface area (Å²) in [5.74, 6) is -0.852. The number of carbonyl (C=O) groups is 3. The Balaban J connectivity index is 4.27. The first kappa shape index (κ1) is 62.9.